The third-order valence-corrected chi connectivity index (χ3v) is 6.95. The van der Waals surface area contributed by atoms with Gasteiger partial charge in [0.1, 0.15) is 6.29 Å². The average molecular weight is 469 g/mol. The highest BCUT2D eigenvalue weighted by atomic mass is 32.2. The molecular formula is C26H32N2O4S. The van der Waals surface area contributed by atoms with Crippen LogP contribution in [0, 0.1) is 37.0 Å². The largest absolute Gasteiger partial charge is 0.469 e. The third kappa shape index (κ3) is 7.69. The number of nitrogens with zero attached hydrogens (tertiary/aromatic N) is 2. The molecule has 6 nitrogen and oxygen atoms in total. The van der Waals surface area contributed by atoms with E-state index < -0.39 is 0 Å². The van der Waals surface area contributed by atoms with Crippen molar-refractivity contribution in [2.75, 3.05) is 19.5 Å². The lowest BCUT2D eigenvalue weighted by molar-refractivity contribution is -0.140. The van der Waals surface area contributed by atoms with E-state index in [-0.39, 0.29) is 30.8 Å². The summed E-state index contributed by atoms with van der Waals surface area (Å²) in [6, 6.07) is 9.85. The first kappa shape index (κ1) is 26.6. The third-order valence-electron chi connectivity index (χ3n) is 5.90. The molecule has 2 aromatic rings. The molecule has 2 rings (SSSR count). The number of thioether (sulfide) groups is 1. The number of aryl methyl sites for hydroxylation is 3. The molecule has 0 aliphatic rings. The highest BCUT2D eigenvalue weighted by Crippen LogP contribution is 2.27. The molecule has 0 fully saturated rings. The summed E-state index contributed by atoms with van der Waals surface area (Å²) in [4.78, 5) is 28.0. The number of esters is 1. The zero-order valence-electron chi connectivity index (χ0n) is 19.8. The van der Waals surface area contributed by atoms with Gasteiger partial charge in [-0.25, -0.2) is 4.98 Å². The number of pyridine rings is 1. The van der Waals surface area contributed by atoms with E-state index in [9.17, 15) is 20.0 Å². The van der Waals surface area contributed by atoms with Crippen LogP contribution in [0.4, 0.5) is 0 Å². The number of nitriles is 1. The van der Waals surface area contributed by atoms with Crippen molar-refractivity contribution in [1.29, 1.82) is 5.26 Å². The fourth-order valence-corrected chi connectivity index (χ4v) is 5.09. The molecule has 0 bridgehead atoms. The van der Waals surface area contributed by atoms with E-state index in [4.69, 9.17) is 4.74 Å². The molecule has 0 aliphatic heterocycles. The zero-order chi connectivity index (χ0) is 24.4. The van der Waals surface area contributed by atoms with Gasteiger partial charge in [-0.2, -0.15) is 5.26 Å². The Balaban J connectivity index is 2.06. The van der Waals surface area contributed by atoms with Gasteiger partial charge >= 0.3 is 5.97 Å². The van der Waals surface area contributed by atoms with Gasteiger partial charge in [0.2, 0.25) is 0 Å². The van der Waals surface area contributed by atoms with Gasteiger partial charge in [0.05, 0.1) is 23.8 Å². The summed E-state index contributed by atoms with van der Waals surface area (Å²) in [6.07, 6.45) is 2.97. The van der Waals surface area contributed by atoms with E-state index in [1.807, 2.05) is 32.0 Å². The number of aromatic nitrogens is 1. The maximum atomic E-state index is 11.9. The Kier molecular flexibility index (Phi) is 10.6. The van der Waals surface area contributed by atoms with Gasteiger partial charge in [-0.15, -0.1) is 11.8 Å². The Morgan fingerprint density at radius 2 is 2.06 bits per heavy atom. The second kappa shape index (κ2) is 13.1. The van der Waals surface area contributed by atoms with Gasteiger partial charge < -0.3 is 14.6 Å². The highest BCUT2D eigenvalue weighted by Gasteiger charge is 2.19. The maximum Gasteiger partial charge on any atom is 0.305 e. The smallest absolute Gasteiger partial charge is 0.305 e. The number of carbonyl (C=O) groups is 2. The summed E-state index contributed by atoms with van der Waals surface area (Å²) in [6.45, 7) is 6.12. The van der Waals surface area contributed by atoms with Crippen LogP contribution in [-0.2, 0) is 33.6 Å². The Labute approximate surface area is 200 Å². The molecule has 0 saturated carbocycles. The van der Waals surface area contributed by atoms with Crippen LogP contribution in [0.25, 0.3) is 0 Å². The minimum absolute atomic E-state index is 0.0975. The first-order valence-corrected chi connectivity index (χ1v) is 12.1. The maximum absolute atomic E-state index is 11.9. The van der Waals surface area contributed by atoms with Crippen LogP contribution in [0.5, 0.6) is 0 Å². The number of benzene rings is 1. The lowest BCUT2D eigenvalue weighted by Gasteiger charge is -2.19. The molecule has 0 saturated heterocycles. The molecule has 0 spiro atoms. The zero-order valence-corrected chi connectivity index (χ0v) is 20.6. The summed E-state index contributed by atoms with van der Waals surface area (Å²) in [5.74, 6) is 0.275. The Bertz CT molecular complexity index is 993. The van der Waals surface area contributed by atoms with E-state index in [2.05, 4.69) is 18.0 Å². The van der Waals surface area contributed by atoms with Gasteiger partial charge in [0.25, 0.3) is 0 Å². The summed E-state index contributed by atoms with van der Waals surface area (Å²) in [5.41, 5.74) is 5.51. The minimum atomic E-state index is -0.306. The van der Waals surface area contributed by atoms with Gasteiger partial charge in [-0.05, 0) is 73.4 Å². The van der Waals surface area contributed by atoms with Crippen LogP contribution < -0.4 is 0 Å². The summed E-state index contributed by atoms with van der Waals surface area (Å²) < 4.78 is 4.70. The van der Waals surface area contributed by atoms with Crippen molar-refractivity contribution in [2.45, 2.75) is 51.5 Å². The van der Waals surface area contributed by atoms with E-state index in [0.717, 1.165) is 39.3 Å². The second-order valence-electron chi connectivity index (χ2n) is 8.29. The molecule has 1 aromatic heterocycles. The van der Waals surface area contributed by atoms with Crippen LogP contribution in [-0.4, -0.2) is 41.8 Å². The molecule has 1 heterocycles. The molecule has 1 aromatic carbocycles. The molecule has 0 unspecified atom stereocenters. The van der Waals surface area contributed by atoms with Crippen molar-refractivity contribution in [2.24, 2.45) is 11.8 Å². The van der Waals surface area contributed by atoms with E-state index in [0.29, 0.717) is 30.6 Å². The van der Waals surface area contributed by atoms with Gasteiger partial charge in [-0.1, -0.05) is 19.1 Å². The minimum Gasteiger partial charge on any atom is -0.469 e. The predicted molar refractivity (Wildman–Crippen MR) is 129 cm³/mol. The van der Waals surface area contributed by atoms with Gasteiger partial charge in [0.15, 0.2) is 0 Å². The van der Waals surface area contributed by atoms with Crippen LogP contribution in [0.2, 0.25) is 0 Å². The summed E-state index contributed by atoms with van der Waals surface area (Å²) in [7, 11) is 1.35. The first-order valence-electron chi connectivity index (χ1n) is 11.1. The fraction of sp³-hybridized carbons (Fsp3) is 0.462. The molecule has 1 N–H and O–H groups in total. The Hall–Kier alpha value is -2.69. The van der Waals surface area contributed by atoms with Crippen LogP contribution >= 0.6 is 11.8 Å². The summed E-state index contributed by atoms with van der Waals surface area (Å²) >= 11 is 1.57. The number of rotatable bonds is 12. The second-order valence-corrected chi connectivity index (χ2v) is 9.33. The first-order chi connectivity index (χ1) is 15.8. The molecule has 0 radical (unpaired) electrons. The fourth-order valence-electron chi connectivity index (χ4n) is 3.86. The predicted octanol–water partition coefficient (Wildman–Crippen LogP) is 4.00. The SMILES string of the molecule is COC(=O)CCc1cc(C[C@@H](C)[C@H](C=O)CSc2cc(C)c(CCO)c(C)n2)ccc1C#N. The molecule has 0 amide bonds. The standard InChI is InChI=1S/C26H32N2O4S/c1-17(11-20-5-6-22(14-27)21(13-20)7-8-26(31)32-4)23(15-30)16-33-25-12-18(2)24(9-10-29)19(3)28-25/h5-6,12-13,15,17,23,29H,7-11,16H2,1-4H3/t17-,23-/m1/s1. The molecule has 7 heteroatoms. The number of hydrogen-bond donors (Lipinski definition) is 1. The van der Waals surface area contributed by atoms with Crippen molar-refractivity contribution in [3.8, 4) is 6.07 Å². The number of aldehydes is 1. The molecule has 176 valence electrons. The topological polar surface area (TPSA) is 100 Å². The van der Waals surface area contributed by atoms with E-state index in [1.54, 1.807) is 17.8 Å². The van der Waals surface area contributed by atoms with Crippen LogP contribution in [0.3, 0.4) is 0 Å². The number of methoxy groups -OCH3 is 1. The Morgan fingerprint density at radius 3 is 2.67 bits per heavy atom. The average Bonchev–Trinajstić information content (AvgIpc) is 2.80. The monoisotopic (exact) mass is 468 g/mol. The Morgan fingerprint density at radius 1 is 1.30 bits per heavy atom. The van der Waals surface area contributed by atoms with Crippen LogP contribution in [0.1, 0.15) is 46.9 Å². The van der Waals surface area contributed by atoms with Crippen molar-refractivity contribution in [3.63, 3.8) is 0 Å². The van der Waals surface area contributed by atoms with Crippen molar-refractivity contribution < 1.29 is 19.4 Å². The van der Waals surface area contributed by atoms with Gasteiger partial charge in [-0.3, -0.25) is 4.79 Å². The number of carbonyl (C=O) groups excluding carboxylic acids is 2. The molecule has 33 heavy (non-hydrogen) atoms. The number of hydrogen-bond acceptors (Lipinski definition) is 7. The molecule has 0 aliphatic carbocycles. The number of aliphatic hydroxyl groups excluding tert-OH is 1. The summed E-state index contributed by atoms with van der Waals surface area (Å²) in [5, 5.41) is 19.5. The molecular weight excluding hydrogens is 436 g/mol. The van der Waals surface area contributed by atoms with E-state index in [1.165, 1.54) is 7.11 Å². The van der Waals surface area contributed by atoms with Crippen molar-refractivity contribution in [3.05, 3.63) is 57.8 Å². The van der Waals surface area contributed by atoms with Crippen molar-refractivity contribution >= 4 is 24.0 Å². The number of aliphatic hydroxyl groups is 1. The van der Waals surface area contributed by atoms with E-state index >= 15 is 0 Å². The lowest BCUT2D eigenvalue weighted by atomic mass is 9.89. The highest BCUT2D eigenvalue weighted by molar-refractivity contribution is 7.99. The molecule has 2 atom stereocenters. The normalized spacial score (nSPS) is 12.6. The van der Waals surface area contributed by atoms with Crippen molar-refractivity contribution in [1.82, 2.24) is 4.98 Å². The van der Waals surface area contributed by atoms with Crippen LogP contribution in [0.15, 0.2) is 29.3 Å². The van der Waals surface area contributed by atoms with Gasteiger partial charge in [0, 0.05) is 30.4 Å². The lowest BCUT2D eigenvalue weighted by Crippen LogP contribution is -2.18. The quantitative estimate of drug-likeness (QED) is 0.285. The number of ether oxygens (including phenoxy) is 1.